The van der Waals surface area contributed by atoms with Gasteiger partial charge in [0.25, 0.3) is 10.1 Å². The van der Waals surface area contributed by atoms with Gasteiger partial charge in [-0.1, -0.05) is 400 Å². The molecule has 0 aliphatic carbocycles. The Balaban J connectivity index is 4.93. The lowest BCUT2D eigenvalue weighted by atomic mass is 9.88. The van der Waals surface area contributed by atoms with Crippen molar-refractivity contribution in [3.05, 3.63) is 0 Å². The molecule has 0 aliphatic rings. The summed E-state index contributed by atoms with van der Waals surface area (Å²) >= 11 is 0. The maximum Gasteiger partial charge on any atom is 0.264 e. The lowest BCUT2D eigenvalue weighted by Crippen LogP contribution is -2.18. The minimum atomic E-state index is -3.45. The van der Waals surface area contributed by atoms with Crippen LogP contribution >= 0.6 is 0 Å². The smallest absolute Gasteiger partial charge is 0.264 e. The Morgan fingerprint density at radius 1 is 0.222 bits per heavy atom. The predicted octanol–water partition coefficient (Wildman–Crippen LogP) is 25.0. The van der Waals surface area contributed by atoms with Gasteiger partial charge < -0.3 is 0 Å². The molecule has 0 bridgehead atoms. The Morgan fingerprint density at radius 3 is 0.528 bits per heavy atom. The fourth-order valence-electron chi connectivity index (χ4n) is 12.1. The first kappa shape index (κ1) is 71.9. The van der Waals surface area contributed by atoms with E-state index >= 15 is 0 Å². The highest BCUT2D eigenvalue weighted by atomic mass is 32.2. The first-order chi connectivity index (χ1) is 35.4. The molecular formula is C68H138O3S. The van der Waals surface area contributed by atoms with Crippen LogP contribution in [0.4, 0.5) is 0 Å². The fraction of sp³-hybridized carbons (Fsp3) is 1.00. The van der Waals surface area contributed by atoms with Gasteiger partial charge in [-0.3, -0.25) is 4.18 Å². The van der Waals surface area contributed by atoms with Crippen LogP contribution in [0.5, 0.6) is 0 Å². The first-order valence-electron chi connectivity index (χ1n) is 34.2. The van der Waals surface area contributed by atoms with Gasteiger partial charge in [-0.25, -0.2) is 0 Å². The summed E-state index contributed by atoms with van der Waals surface area (Å²) in [4.78, 5) is 0. The van der Waals surface area contributed by atoms with E-state index in [0.717, 1.165) is 37.5 Å². The molecule has 0 aromatic heterocycles. The highest BCUT2D eigenvalue weighted by Gasteiger charge is 2.17. The van der Waals surface area contributed by atoms with Crippen LogP contribution in [0.2, 0.25) is 0 Å². The van der Waals surface area contributed by atoms with Crippen molar-refractivity contribution in [3.8, 4) is 0 Å². The Bertz CT molecular complexity index is 965. The largest absolute Gasteiger partial charge is 0.267 e. The van der Waals surface area contributed by atoms with Crippen molar-refractivity contribution >= 4 is 10.1 Å². The summed E-state index contributed by atoms with van der Waals surface area (Å²) in [5, 5.41) is 0. The maximum absolute atomic E-state index is 12.5. The van der Waals surface area contributed by atoms with Gasteiger partial charge in [0.1, 0.15) is 0 Å². The first-order valence-corrected chi connectivity index (χ1v) is 36.1. The molecule has 0 radical (unpaired) electrons. The maximum atomic E-state index is 12.5. The molecule has 434 valence electrons. The summed E-state index contributed by atoms with van der Waals surface area (Å²) in [7, 11) is -3.45. The third-order valence-electron chi connectivity index (χ3n) is 17.0. The van der Waals surface area contributed by atoms with Crippen molar-refractivity contribution in [1.29, 1.82) is 0 Å². The standard InChI is InChI=1S/C68H138O3S/c1-6-10-14-18-22-26-30-34-38-42-46-50-58-66(59-51-47-43-39-35-31-27-23-19-15-11-7-2)62-54-56-64-68(71-72(5,69)70)65-57-55-63-67(60-52-48-44-40-36-32-28-24-20-16-12-8-3)61-53-49-45-41-37-33-29-25-21-17-13-9-4/h66-68H,6-65H2,1-5H3. The lowest BCUT2D eigenvalue weighted by Gasteiger charge is -2.20. The van der Waals surface area contributed by atoms with Crippen molar-refractivity contribution in [2.24, 2.45) is 11.8 Å². The summed E-state index contributed by atoms with van der Waals surface area (Å²) in [6.07, 6.45) is 84.2. The van der Waals surface area contributed by atoms with Crippen LogP contribution in [0.3, 0.4) is 0 Å². The summed E-state index contributed by atoms with van der Waals surface area (Å²) < 4.78 is 30.8. The third-order valence-corrected chi connectivity index (χ3v) is 17.6. The van der Waals surface area contributed by atoms with Gasteiger partial charge in [0.15, 0.2) is 0 Å². The van der Waals surface area contributed by atoms with Crippen LogP contribution in [0.1, 0.15) is 413 Å². The van der Waals surface area contributed by atoms with E-state index in [9.17, 15) is 8.42 Å². The SMILES string of the molecule is CCCCCCCCCCCCCCC(CCCCCCCCCCCCCC)CCCCC(CCCCC(CCCCCCCCCCCCCC)CCCCCCCCCCCCCC)OS(C)(=O)=O. The summed E-state index contributed by atoms with van der Waals surface area (Å²) in [6, 6.07) is 0. The van der Waals surface area contributed by atoms with Gasteiger partial charge in [-0.05, 0) is 24.7 Å². The molecule has 0 heterocycles. The average molecular weight is 1040 g/mol. The minimum absolute atomic E-state index is 0.141. The van der Waals surface area contributed by atoms with E-state index in [0.29, 0.717) is 0 Å². The quantitative estimate of drug-likeness (QED) is 0.0450. The van der Waals surface area contributed by atoms with Gasteiger partial charge >= 0.3 is 0 Å². The number of hydrogen-bond donors (Lipinski definition) is 0. The molecule has 0 aliphatic heterocycles. The van der Waals surface area contributed by atoms with Gasteiger partial charge in [0.2, 0.25) is 0 Å². The molecule has 0 N–H and O–H groups in total. The zero-order valence-corrected chi connectivity index (χ0v) is 51.6. The number of hydrogen-bond acceptors (Lipinski definition) is 3. The predicted molar refractivity (Wildman–Crippen MR) is 326 cm³/mol. The molecule has 0 aromatic rings. The molecule has 0 unspecified atom stereocenters. The Kier molecular flexibility index (Phi) is 60.1. The minimum Gasteiger partial charge on any atom is -0.267 e. The average Bonchev–Trinajstić information content (AvgIpc) is 3.36. The number of unbranched alkanes of at least 4 members (excludes halogenated alkanes) is 46. The van der Waals surface area contributed by atoms with Crippen molar-refractivity contribution in [3.63, 3.8) is 0 Å². The van der Waals surface area contributed by atoms with E-state index in [4.69, 9.17) is 4.18 Å². The van der Waals surface area contributed by atoms with E-state index in [1.807, 2.05) is 0 Å². The van der Waals surface area contributed by atoms with E-state index in [-0.39, 0.29) is 6.10 Å². The molecule has 4 heteroatoms. The lowest BCUT2D eigenvalue weighted by molar-refractivity contribution is 0.179. The van der Waals surface area contributed by atoms with E-state index in [1.165, 1.54) is 366 Å². The molecule has 0 fully saturated rings. The number of rotatable bonds is 64. The highest BCUT2D eigenvalue weighted by molar-refractivity contribution is 7.86. The second kappa shape index (κ2) is 60.1. The summed E-state index contributed by atoms with van der Waals surface area (Å²) in [5.41, 5.74) is 0. The van der Waals surface area contributed by atoms with Crippen LogP contribution in [0.25, 0.3) is 0 Å². The molecule has 0 atom stereocenters. The third kappa shape index (κ3) is 59.2. The monoisotopic (exact) mass is 1040 g/mol. The van der Waals surface area contributed by atoms with Crippen molar-refractivity contribution < 1.29 is 12.6 Å². The van der Waals surface area contributed by atoms with Gasteiger partial charge in [-0.2, -0.15) is 8.42 Å². The van der Waals surface area contributed by atoms with Crippen molar-refractivity contribution in [2.45, 2.75) is 419 Å². The molecule has 72 heavy (non-hydrogen) atoms. The molecule has 0 amide bonds. The van der Waals surface area contributed by atoms with Gasteiger partial charge in [-0.15, -0.1) is 0 Å². The van der Waals surface area contributed by atoms with Crippen LogP contribution in [0.15, 0.2) is 0 Å². The van der Waals surface area contributed by atoms with Gasteiger partial charge in [0.05, 0.1) is 12.4 Å². The van der Waals surface area contributed by atoms with Crippen LogP contribution in [-0.4, -0.2) is 20.8 Å². The zero-order valence-electron chi connectivity index (χ0n) is 50.8. The van der Waals surface area contributed by atoms with Crippen LogP contribution in [0, 0.1) is 11.8 Å². The normalized spacial score (nSPS) is 12.2. The fourth-order valence-corrected chi connectivity index (χ4v) is 12.7. The van der Waals surface area contributed by atoms with Crippen LogP contribution in [-0.2, 0) is 14.3 Å². The van der Waals surface area contributed by atoms with E-state index < -0.39 is 10.1 Å². The molecule has 0 aromatic carbocycles. The topological polar surface area (TPSA) is 43.4 Å². The van der Waals surface area contributed by atoms with E-state index in [2.05, 4.69) is 27.7 Å². The second-order valence-corrected chi connectivity index (χ2v) is 26.0. The molecule has 0 rings (SSSR count). The Labute approximate surface area is 457 Å². The Hall–Kier alpha value is -0.0900. The van der Waals surface area contributed by atoms with Gasteiger partial charge in [0, 0.05) is 0 Å². The summed E-state index contributed by atoms with van der Waals surface area (Å²) in [6.45, 7) is 9.25. The van der Waals surface area contributed by atoms with Crippen LogP contribution < -0.4 is 0 Å². The van der Waals surface area contributed by atoms with Crippen molar-refractivity contribution in [1.82, 2.24) is 0 Å². The highest BCUT2D eigenvalue weighted by Crippen LogP contribution is 2.28. The zero-order chi connectivity index (χ0) is 52.4. The molecule has 0 saturated heterocycles. The molecule has 0 saturated carbocycles. The summed E-state index contributed by atoms with van der Waals surface area (Å²) in [5.74, 6) is 1.69. The second-order valence-electron chi connectivity index (χ2n) is 24.4. The molecular weight excluding hydrogens is 897 g/mol. The molecule has 0 spiro atoms. The Morgan fingerprint density at radius 2 is 0.361 bits per heavy atom. The van der Waals surface area contributed by atoms with E-state index in [1.54, 1.807) is 0 Å². The van der Waals surface area contributed by atoms with Crippen molar-refractivity contribution in [2.75, 3.05) is 6.26 Å². The molecule has 3 nitrogen and oxygen atoms in total.